The molecule has 0 spiro atoms. The minimum absolute atomic E-state index is 0.0591. The normalized spacial score (nSPS) is 12.7. The second-order valence-electron chi connectivity index (χ2n) is 7.96. The molecule has 4 rings (SSSR count). The van der Waals surface area contributed by atoms with E-state index in [1.165, 1.54) is 0 Å². The third kappa shape index (κ3) is 5.46. The van der Waals surface area contributed by atoms with E-state index in [1.807, 2.05) is 79.7 Å². The van der Waals surface area contributed by atoms with Gasteiger partial charge in [0, 0.05) is 33.3 Å². The van der Waals surface area contributed by atoms with E-state index in [0.29, 0.717) is 17.7 Å². The highest BCUT2D eigenvalue weighted by Gasteiger charge is 2.24. The third-order valence-corrected chi connectivity index (χ3v) is 6.09. The molecular weight excluding hydrogens is 478 g/mol. The van der Waals surface area contributed by atoms with E-state index in [2.05, 4.69) is 31.5 Å². The summed E-state index contributed by atoms with van der Waals surface area (Å²) < 4.78 is 0.953. The van der Waals surface area contributed by atoms with Gasteiger partial charge in [-0.1, -0.05) is 58.4 Å². The summed E-state index contributed by atoms with van der Waals surface area (Å²) in [6, 6.07) is 24.7. The Bertz CT molecular complexity index is 1270. The van der Waals surface area contributed by atoms with Crippen LogP contribution in [-0.4, -0.2) is 23.2 Å². The Morgan fingerprint density at radius 2 is 1.70 bits per heavy atom. The van der Waals surface area contributed by atoms with Crippen molar-refractivity contribution < 1.29 is 9.59 Å². The second-order valence-corrected chi connectivity index (χ2v) is 8.88. The predicted molar refractivity (Wildman–Crippen MR) is 137 cm³/mol. The quantitative estimate of drug-likeness (QED) is 0.273. The van der Waals surface area contributed by atoms with Crippen LogP contribution in [0.25, 0.3) is 10.9 Å². The number of amides is 1. The molecule has 2 atom stereocenters. The summed E-state index contributed by atoms with van der Waals surface area (Å²) in [7, 11) is 0. The molecule has 0 aliphatic heterocycles. The molecule has 166 valence electrons. The molecule has 2 N–H and O–H groups in total. The fraction of sp³-hybridized carbons (Fsp3) is 0.148. The van der Waals surface area contributed by atoms with Crippen molar-refractivity contribution in [1.82, 2.24) is 4.98 Å². The van der Waals surface area contributed by atoms with Crippen molar-refractivity contribution in [3.63, 3.8) is 0 Å². The average Bonchev–Trinajstić information content (AvgIpc) is 2.84. The summed E-state index contributed by atoms with van der Waals surface area (Å²) in [6.45, 7) is 2.01. The first-order valence-corrected chi connectivity index (χ1v) is 11.6. The number of hydrogen-bond donors (Lipinski definition) is 2. The smallest absolute Gasteiger partial charge is 0.232 e. The second kappa shape index (κ2) is 10.4. The van der Waals surface area contributed by atoms with Crippen LogP contribution in [0.3, 0.4) is 0 Å². The lowest BCUT2D eigenvalue weighted by atomic mass is 9.91. The first-order chi connectivity index (χ1) is 16.0. The molecule has 1 heterocycles. The summed E-state index contributed by atoms with van der Waals surface area (Å²) in [5, 5.41) is 7.45. The van der Waals surface area contributed by atoms with Gasteiger partial charge in [-0.15, -0.1) is 0 Å². The lowest BCUT2D eigenvalue weighted by Crippen LogP contribution is -2.27. The van der Waals surface area contributed by atoms with Crippen LogP contribution >= 0.6 is 15.9 Å². The Balaban J connectivity index is 1.59. The summed E-state index contributed by atoms with van der Waals surface area (Å²) in [5.41, 5.74) is 3.71. The number of hydrogen-bond acceptors (Lipinski definition) is 4. The van der Waals surface area contributed by atoms with Crippen LogP contribution in [0.1, 0.15) is 35.2 Å². The van der Waals surface area contributed by atoms with Crippen LogP contribution in [0.5, 0.6) is 0 Å². The summed E-state index contributed by atoms with van der Waals surface area (Å²) >= 11 is 3.47. The van der Waals surface area contributed by atoms with Gasteiger partial charge >= 0.3 is 0 Å². The highest BCUT2D eigenvalue weighted by atomic mass is 79.9. The molecule has 0 radical (unpaired) electrons. The van der Waals surface area contributed by atoms with Gasteiger partial charge < -0.3 is 10.6 Å². The van der Waals surface area contributed by atoms with E-state index in [0.717, 1.165) is 32.9 Å². The van der Waals surface area contributed by atoms with Crippen molar-refractivity contribution in [3.05, 3.63) is 101 Å². The molecule has 6 heteroatoms. The average molecular weight is 502 g/mol. The number of rotatable bonds is 8. The molecule has 2 unspecified atom stereocenters. The van der Waals surface area contributed by atoms with Crippen molar-refractivity contribution in [1.29, 1.82) is 0 Å². The van der Waals surface area contributed by atoms with E-state index < -0.39 is 5.92 Å². The van der Waals surface area contributed by atoms with Gasteiger partial charge in [-0.3, -0.25) is 14.6 Å². The molecule has 3 aromatic carbocycles. The summed E-state index contributed by atoms with van der Waals surface area (Å²) in [4.78, 5) is 29.4. The maximum absolute atomic E-state index is 13.5. The maximum Gasteiger partial charge on any atom is 0.232 e. The zero-order valence-corrected chi connectivity index (χ0v) is 19.7. The molecule has 4 aromatic rings. The van der Waals surface area contributed by atoms with Gasteiger partial charge in [0.05, 0.1) is 17.1 Å². The summed E-state index contributed by atoms with van der Waals surface area (Å²) in [5.74, 6) is -0.504. The van der Waals surface area contributed by atoms with Gasteiger partial charge in [-0.25, -0.2) is 0 Å². The van der Waals surface area contributed by atoms with Crippen LogP contribution in [0.2, 0.25) is 0 Å². The number of fused-ring (bicyclic) bond motifs is 1. The van der Waals surface area contributed by atoms with Crippen LogP contribution in [0, 0.1) is 0 Å². The molecule has 1 amide bonds. The van der Waals surface area contributed by atoms with Gasteiger partial charge in [-0.2, -0.15) is 0 Å². The molecule has 0 bridgehead atoms. The van der Waals surface area contributed by atoms with Crippen molar-refractivity contribution >= 4 is 50.4 Å². The zero-order chi connectivity index (χ0) is 23.2. The number of halogens is 1. The van der Waals surface area contributed by atoms with E-state index in [9.17, 15) is 9.59 Å². The molecule has 5 nitrogen and oxygen atoms in total. The van der Waals surface area contributed by atoms with Gasteiger partial charge in [0.1, 0.15) is 0 Å². The Morgan fingerprint density at radius 3 is 2.48 bits per heavy atom. The predicted octanol–water partition coefficient (Wildman–Crippen LogP) is 6.42. The first kappa shape index (κ1) is 22.7. The van der Waals surface area contributed by atoms with Crippen molar-refractivity contribution in [2.45, 2.75) is 25.3 Å². The third-order valence-electron chi connectivity index (χ3n) is 5.56. The lowest BCUT2D eigenvalue weighted by Gasteiger charge is -2.23. The standard InChI is InChI=1S/C27H24BrN3O2/c1-18(30-24-9-3-2-6-21(24)17-32)16-23(19-11-13-22(28)14-12-19)27(33)31-25-10-4-7-20-8-5-15-29-26(20)25/h2-15,17-18,23,30H,16H2,1H3,(H,31,33). The minimum Gasteiger partial charge on any atom is -0.382 e. The number of nitrogens with one attached hydrogen (secondary N) is 2. The number of benzene rings is 3. The number of carbonyl (C=O) groups is 2. The first-order valence-electron chi connectivity index (χ1n) is 10.8. The highest BCUT2D eigenvalue weighted by Crippen LogP contribution is 2.28. The fourth-order valence-electron chi connectivity index (χ4n) is 3.92. The number of aromatic nitrogens is 1. The molecule has 0 aliphatic carbocycles. The van der Waals surface area contributed by atoms with E-state index in [4.69, 9.17) is 0 Å². The largest absolute Gasteiger partial charge is 0.382 e. The van der Waals surface area contributed by atoms with Crippen molar-refractivity contribution in [2.24, 2.45) is 0 Å². The van der Waals surface area contributed by atoms with Crippen LogP contribution in [0.4, 0.5) is 11.4 Å². The maximum atomic E-state index is 13.5. The fourth-order valence-corrected chi connectivity index (χ4v) is 4.19. The summed E-state index contributed by atoms with van der Waals surface area (Å²) in [6.07, 6.45) is 3.10. The number of pyridine rings is 1. The molecular formula is C27H24BrN3O2. The molecule has 1 aromatic heterocycles. The van der Waals surface area contributed by atoms with Crippen LogP contribution < -0.4 is 10.6 Å². The Morgan fingerprint density at radius 1 is 0.970 bits per heavy atom. The Kier molecular flexibility index (Phi) is 7.15. The van der Waals surface area contributed by atoms with Crippen molar-refractivity contribution in [2.75, 3.05) is 10.6 Å². The van der Waals surface area contributed by atoms with E-state index >= 15 is 0 Å². The zero-order valence-electron chi connectivity index (χ0n) is 18.2. The highest BCUT2D eigenvalue weighted by molar-refractivity contribution is 9.10. The molecule has 0 saturated carbocycles. The number of aldehydes is 1. The number of para-hydroxylation sites is 2. The molecule has 0 fully saturated rings. The topological polar surface area (TPSA) is 71.1 Å². The van der Waals surface area contributed by atoms with E-state index in [-0.39, 0.29) is 11.9 Å². The van der Waals surface area contributed by atoms with Crippen LogP contribution in [-0.2, 0) is 4.79 Å². The molecule has 0 aliphatic rings. The molecule has 0 saturated heterocycles. The molecule has 33 heavy (non-hydrogen) atoms. The monoisotopic (exact) mass is 501 g/mol. The number of carbonyl (C=O) groups excluding carboxylic acids is 2. The van der Waals surface area contributed by atoms with Gasteiger partial charge in [0.2, 0.25) is 5.91 Å². The van der Waals surface area contributed by atoms with Crippen molar-refractivity contribution in [3.8, 4) is 0 Å². The van der Waals surface area contributed by atoms with Crippen LogP contribution in [0.15, 0.2) is 89.5 Å². The minimum atomic E-state index is -0.400. The van der Waals surface area contributed by atoms with E-state index in [1.54, 1.807) is 12.3 Å². The number of anilines is 2. The SMILES string of the molecule is CC(CC(C(=O)Nc1cccc2cccnc12)c1ccc(Br)cc1)Nc1ccccc1C=O. The van der Waals surface area contributed by atoms with Gasteiger partial charge in [0.25, 0.3) is 0 Å². The lowest BCUT2D eigenvalue weighted by molar-refractivity contribution is -0.117. The van der Waals surface area contributed by atoms with Gasteiger partial charge in [0.15, 0.2) is 6.29 Å². The Labute approximate surface area is 201 Å². The van der Waals surface area contributed by atoms with Gasteiger partial charge in [-0.05, 0) is 55.3 Å². The Hall–Kier alpha value is -3.51. The number of nitrogens with zero attached hydrogens (tertiary/aromatic N) is 1.